The van der Waals surface area contributed by atoms with Gasteiger partial charge in [-0.1, -0.05) is 6.07 Å². The van der Waals surface area contributed by atoms with E-state index in [2.05, 4.69) is 11.1 Å². The second kappa shape index (κ2) is 4.82. The normalized spacial score (nSPS) is 10.2. The highest BCUT2D eigenvalue weighted by Gasteiger charge is 2.05. The van der Waals surface area contributed by atoms with Gasteiger partial charge in [0.25, 0.3) is 5.91 Å². The molecule has 0 fully saturated rings. The third-order valence-electron chi connectivity index (χ3n) is 2.35. The number of imidazole rings is 1. The molecule has 0 atom stereocenters. The Hall–Kier alpha value is -2.10. The first-order valence-corrected chi connectivity index (χ1v) is 5.37. The molecule has 0 spiro atoms. The third kappa shape index (κ3) is 2.93. The van der Waals surface area contributed by atoms with E-state index in [1.54, 1.807) is 12.4 Å². The van der Waals surface area contributed by atoms with Gasteiger partial charge in [-0.2, -0.15) is 0 Å². The van der Waals surface area contributed by atoms with Crippen LogP contribution < -0.4 is 4.74 Å². The maximum Gasteiger partial charge on any atom is 0.269 e. The van der Waals surface area contributed by atoms with Crippen LogP contribution >= 0.6 is 0 Å². The fraction of sp³-hybridized carbons (Fsp3) is 0.231. The molecule has 0 saturated heterocycles. The summed E-state index contributed by atoms with van der Waals surface area (Å²) < 4.78 is 6.86. The zero-order valence-corrected chi connectivity index (χ0v) is 9.88. The first-order chi connectivity index (χ1) is 8.15. The van der Waals surface area contributed by atoms with Crippen molar-refractivity contribution in [3.63, 3.8) is 0 Å². The number of ether oxygens (including phenoxy) is 1. The minimum atomic E-state index is -0.137. The van der Waals surface area contributed by atoms with E-state index in [9.17, 15) is 4.79 Å². The second-order valence-electron chi connectivity index (χ2n) is 3.98. The number of nitrogens with zero attached hydrogens (tertiary/aromatic N) is 2. The Morgan fingerprint density at radius 1 is 1.29 bits per heavy atom. The van der Waals surface area contributed by atoms with E-state index >= 15 is 0 Å². The molecule has 1 aromatic carbocycles. The first kappa shape index (κ1) is 11.4. The summed E-state index contributed by atoms with van der Waals surface area (Å²) in [7, 11) is 0. The predicted octanol–water partition coefficient (Wildman–Crippen LogP) is 2.22. The van der Waals surface area contributed by atoms with Crippen LogP contribution in [-0.2, 0) is 0 Å². The molecule has 88 valence electrons. The largest absolute Gasteiger partial charge is 0.484 e. The molecule has 0 aliphatic carbocycles. The summed E-state index contributed by atoms with van der Waals surface area (Å²) in [5.41, 5.74) is 2.24. The summed E-state index contributed by atoms with van der Waals surface area (Å²) in [4.78, 5) is 15.5. The van der Waals surface area contributed by atoms with E-state index in [-0.39, 0.29) is 12.5 Å². The Morgan fingerprint density at radius 2 is 2.00 bits per heavy atom. The fourth-order valence-corrected chi connectivity index (χ4v) is 1.64. The topological polar surface area (TPSA) is 44.1 Å². The molecule has 0 aliphatic heterocycles. The van der Waals surface area contributed by atoms with Gasteiger partial charge in [0.05, 0.1) is 0 Å². The van der Waals surface area contributed by atoms with E-state index in [4.69, 9.17) is 4.74 Å². The SMILES string of the molecule is Cc1cc(C)cc(OCC(=O)n2ccnc2)c1. The molecule has 0 bridgehead atoms. The third-order valence-corrected chi connectivity index (χ3v) is 2.35. The number of carbonyl (C=O) groups is 1. The molecule has 2 aromatic rings. The molecule has 0 amide bonds. The summed E-state index contributed by atoms with van der Waals surface area (Å²) >= 11 is 0. The van der Waals surface area contributed by atoms with E-state index < -0.39 is 0 Å². The van der Waals surface area contributed by atoms with Crippen molar-refractivity contribution in [3.8, 4) is 5.75 Å². The van der Waals surface area contributed by atoms with Crippen molar-refractivity contribution in [2.45, 2.75) is 13.8 Å². The average Bonchev–Trinajstić information content (AvgIpc) is 2.78. The van der Waals surface area contributed by atoms with Gasteiger partial charge in [-0.15, -0.1) is 0 Å². The molecule has 1 heterocycles. The van der Waals surface area contributed by atoms with Gasteiger partial charge in [-0.05, 0) is 37.1 Å². The first-order valence-electron chi connectivity index (χ1n) is 5.37. The van der Waals surface area contributed by atoms with E-state index in [0.29, 0.717) is 0 Å². The molecule has 2 rings (SSSR count). The van der Waals surface area contributed by atoms with Crippen molar-refractivity contribution in [1.29, 1.82) is 0 Å². The smallest absolute Gasteiger partial charge is 0.269 e. The standard InChI is InChI=1S/C13H14N2O2/c1-10-5-11(2)7-12(6-10)17-8-13(16)15-4-3-14-9-15/h3-7,9H,8H2,1-2H3. The minimum absolute atomic E-state index is 0.0131. The van der Waals surface area contributed by atoms with Crippen molar-refractivity contribution >= 4 is 5.91 Å². The lowest BCUT2D eigenvalue weighted by Crippen LogP contribution is -2.17. The maximum atomic E-state index is 11.6. The summed E-state index contributed by atoms with van der Waals surface area (Å²) in [6, 6.07) is 5.88. The van der Waals surface area contributed by atoms with Crippen molar-refractivity contribution in [3.05, 3.63) is 48.0 Å². The zero-order chi connectivity index (χ0) is 12.3. The van der Waals surface area contributed by atoms with Crippen LogP contribution in [0, 0.1) is 13.8 Å². The molecule has 1 aromatic heterocycles. The number of hydrogen-bond acceptors (Lipinski definition) is 3. The highest BCUT2D eigenvalue weighted by molar-refractivity contribution is 5.80. The van der Waals surface area contributed by atoms with Crippen molar-refractivity contribution in [1.82, 2.24) is 9.55 Å². The molecule has 4 heteroatoms. The molecule has 0 radical (unpaired) electrons. The van der Waals surface area contributed by atoms with Gasteiger partial charge >= 0.3 is 0 Å². The number of hydrogen-bond donors (Lipinski definition) is 0. The Balaban J connectivity index is 2.00. The summed E-state index contributed by atoms with van der Waals surface area (Å²) in [5.74, 6) is 0.581. The van der Waals surface area contributed by atoms with Crippen LogP contribution in [0.5, 0.6) is 5.75 Å². The molecule has 0 saturated carbocycles. The van der Waals surface area contributed by atoms with Gasteiger partial charge in [0, 0.05) is 12.4 Å². The van der Waals surface area contributed by atoms with E-state index in [1.807, 2.05) is 26.0 Å². The van der Waals surface area contributed by atoms with Crippen LogP contribution in [0.2, 0.25) is 0 Å². The molecule has 0 N–H and O–H groups in total. The van der Waals surface area contributed by atoms with Crippen LogP contribution in [0.25, 0.3) is 0 Å². The van der Waals surface area contributed by atoms with Crippen LogP contribution in [0.4, 0.5) is 0 Å². The Labute approximate surface area is 99.9 Å². The van der Waals surface area contributed by atoms with Gasteiger partial charge in [0.1, 0.15) is 12.1 Å². The van der Waals surface area contributed by atoms with Crippen molar-refractivity contribution in [2.24, 2.45) is 0 Å². The van der Waals surface area contributed by atoms with Crippen molar-refractivity contribution < 1.29 is 9.53 Å². The molecule has 17 heavy (non-hydrogen) atoms. The summed E-state index contributed by atoms with van der Waals surface area (Å²) in [6.45, 7) is 4.01. The van der Waals surface area contributed by atoms with Crippen LogP contribution in [0.3, 0.4) is 0 Å². The maximum absolute atomic E-state index is 11.6. The average molecular weight is 230 g/mol. The molecule has 0 unspecified atom stereocenters. The number of carbonyl (C=O) groups excluding carboxylic acids is 1. The predicted molar refractivity (Wildman–Crippen MR) is 64.3 cm³/mol. The molecule has 0 aliphatic rings. The lowest BCUT2D eigenvalue weighted by molar-refractivity contribution is 0.0837. The number of aryl methyl sites for hydroxylation is 2. The number of aromatic nitrogens is 2. The Bertz CT molecular complexity index is 498. The quantitative estimate of drug-likeness (QED) is 0.812. The second-order valence-corrected chi connectivity index (χ2v) is 3.98. The van der Waals surface area contributed by atoms with Crippen LogP contribution in [-0.4, -0.2) is 22.1 Å². The fourth-order valence-electron chi connectivity index (χ4n) is 1.64. The zero-order valence-electron chi connectivity index (χ0n) is 9.88. The monoisotopic (exact) mass is 230 g/mol. The van der Waals surface area contributed by atoms with Gasteiger partial charge in [0.15, 0.2) is 6.61 Å². The lowest BCUT2D eigenvalue weighted by atomic mass is 10.1. The Kier molecular flexibility index (Phi) is 3.23. The highest BCUT2D eigenvalue weighted by atomic mass is 16.5. The van der Waals surface area contributed by atoms with Crippen LogP contribution in [0.15, 0.2) is 36.9 Å². The van der Waals surface area contributed by atoms with Gasteiger partial charge in [-0.3, -0.25) is 9.36 Å². The number of benzene rings is 1. The van der Waals surface area contributed by atoms with E-state index in [0.717, 1.165) is 16.9 Å². The van der Waals surface area contributed by atoms with Crippen LogP contribution in [0.1, 0.15) is 15.9 Å². The minimum Gasteiger partial charge on any atom is -0.484 e. The van der Waals surface area contributed by atoms with E-state index in [1.165, 1.54) is 10.9 Å². The molecular formula is C13H14N2O2. The van der Waals surface area contributed by atoms with Crippen molar-refractivity contribution in [2.75, 3.05) is 6.61 Å². The highest BCUT2D eigenvalue weighted by Crippen LogP contribution is 2.16. The van der Waals surface area contributed by atoms with Gasteiger partial charge in [0.2, 0.25) is 0 Å². The van der Waals surface area contributed by atoms with Gasteiger partial charge in [-0.25, -0.2) is 4.98 Å². The van der Waals surface area contributed by atoms with Gasteiger partial charge < -0.3 is 4.74 Å². The Morgan fingerprint density at radius 3 is 2.59 bits per heavy atom. The molecule has 4 nitrogen and oxygen atoms in total. The lowest BCUT2D eigenvalue weighted by Gasteiger charge is -2.07. The summed E-state index contributed by atoms with van der Waals surface area (Å²) in [5, 5.41) is 0. The number of rotatable bonds is 3. The summed E-state index contributed by atoms with van der Waals surface area (Å²) in [6.07, 6.45) is 4.63. The molecular weight excluding hydrogens is 216 g/mol.